The fourth-order valence-electron chi connectivity index (χ4n) is 3.33. The number of aromatic nitrogens is 4. The van der Waals surface area contributed by atoms with E-state index in [1.807, 2.05) is 56.7 Å². The molecule has 0 spiro atoms. The number of carbonyl (C=O) groups is 1. The van der Waals surface area contributed by atoms with Crippen LogP contribution < -0.4 is 4.90 Å². The van der Waals surface area contributed by atoms with E-state index in [9.17, 15) is 4.79 Å². The van der Waals surface area contributed by atoms with Crippen molar-refractivity contribution in [1.82, 2.24) is 19.5 Å². The van der Waals surface area contributed by atoms with E-state index in [0.29, 0.717) is 22.7 Å². The highest BCUT2D eigenvalue weighted by Gasteiger charge is 2.25. The lowest BCUT2D eigenvalue weighted by atomic mass is 10.1. The Kier molecular flexibility index (Phi) is 4.46. The predicted molar refractivity (Wildman–Crippen MR) is 117 cm³/mol. The second-order valence-corrected chi connectivity index (χ2v) is 8.13. The number of nitrogens with one attached hydrogen (secondary N) is 1. The summed E-state index contributed by atoms with van der Waals surface area (Å²) in [5, 5.41) is 0.884. The zero-order chi connectivity index (χ0) is 21.6. The first-order valence-corrected chi connectivity index (χ1v) is 9.46. The molecule has 0 saturated heterocycles. The number of benzene rings is 1. The van der Waals surface area contributed by atoms with E-state index in [-0.39, 0.29) is 0 Å². The van der Waals surface area contributed by atoms with Gasteiger partial charge in [-0.15, -0.1) is 0 Å². The first kappa shape index (κ1) is 19.5. The SMILES string of the molecule is [C-]#[N+]c1cccc(-c2cc3c(nc(N(C)C(=O)OC(C)(C)C)c4ncn(C)c43)[nH]2)c1. The van der Waals surface area contributed by atoms with Gasteiger partial charge in [0.2, 0.25) is 0 Å². The Morgan fingerprint density at radius 2 is 2.07 bits per heavy atom. The topological polar surface area (TPSA) is 80.4 Å². The molecule has 0 atom stereocenters. The maximum absolute atomic E-state index is 12.6. The van der Waals surface area contributed by atoms with Crippen LogP contribution >= 0.6 is 0 Å². The number of aromatic amines is 1. The molecule has 1 aromatic carbocycles. The lowest BCUT2D eigenvalue weighted by molar-refractivity contribution is 0.0589. The van der Waals surface area contributed by atoms with E-state index >= 15 is 0 Å². The summed E-state index contributed by atoms with van der Waals surface area (Å²) < 4.78 is 7.40. The fourth-order valence-corrected chi connectivity index (χ4v) is 3.33. The van der Waals surface area contributed by atoms with E-state index in [1.54, 1.807) is 19.4 Å². The highest BCUT2D eigenvalue weighted by molar-refractivity contribution is 6.09. The van der Waals surface area contributed by atoms with Crippen LogP contribution in [0.1, 0.15) is 20.8 Å². The minimum Gasteiger partial charge on any atom is -0.443 e. The Morgan fingerprint density at radius 3 is 2.77 bits per heavy atom. The van der Waals surface area contributed by atoms with Gasteiger partial charge in [-0.25, -0.2) is 19.6 Å². The number of hydrogen-bond acceptors (Lipinski definition) is 4. The third kappa shape index (κ3) is 3.35. The van der Waals surface area contributed by atoms with Crippen LogP contribution in [0.3, 0.4) is 0 Å². The number of fused-ring (bicyclic) bond motifs is 3. The van der Waals surface area contributed by atoms with Crippen LogP contribution in [-0.2, 0) is 11.8 Å². The van der Waals surface area contributed by atoms with Crippen LogP contribution in [0.4, 0.5) is 16.3 Å². The minimum absolute atomic E-state index is 0.413. The Labute approximate surface area is 173 Å². The quantitative estimate of drug-likeness (QED) is 0.477. The molecule has 0 fully saturated rings. The molecule has 152 valence electrons. The summed E-state index contributed by atoms with van der Waals surface area (Å²) >= 11 is 0. The van der Waals surface area contributed by atoms with Crippen molar-refractivity contribution in [3.05, 3.63) is 48.1 Å². The summed E-state index contributed by atoms with van der Waals surface area (Å²) in [5.74, 6) is 0.413. The summed E-state index contributed by atoms with van der Waals surface area (Å²) in [6.45, 7) is 12.7. The van der Waals surface area contributed by atoms with Crippen molar-refractivity contribution in [3.63, 3.8) is 0 Å². The molecule has 0 radical (unpaired) electrons. The minimum atomic E-state index is -0.619. The summed E-state index contributed by atoms with van der Waals surface area (Å²) in [6, 6.07) is 9.37. The number of ether oxygens (including phenoxy) is 1. The van der Waals surface area contributed by atoms with Crippen LogP contribution in [0.5, 0.6) is 0 Å². The van der Waals surface area contributed by atoms with Crippen LogP contribution in [-0.4, -0.2) is 38.3 Å². The number of rotatable bonds is 2. The van der Waals surface area contributed by atoms with Gasteiger partial charge in [-0.3, -0.25) is 4.90 Å². The smallest absolute Gasteiger partial charge is 0.415 e. The maximum Gasteiger partial charge on any atom is 0.415 e. The molecule has 3 heterocycles. The molecule has 0 aliphatic rings. The van der Waals surface area contributed by atoms with Gasteiger partial charge in [-0.2, -0.15) is 0 Å². The number of aryl methyl sites for hydroxylation is 1. The summed E-state index contributed by atoms with van der Waals surface area (Å²) in [4.78, 5) is 30.0. The average molecular weight is 402 g/mol. The Morgan fingerprint density at radius 1 is 1.30 bits per heavy atom. The monoisotopic (exact) mass is 402 g/mol. The molecule has 0 aliphatic heterocycles. The number of imidazole rings is 1. The molecule has 4 rings (SSSR count). The van der Waals surface area contributed by atoms with Gasteiger partial charge in [0.15, 0.2) is 11.5 Å². The highest BCUT2D eigenvalue weighted by atomic mass is 16.6. The predicted octanol–water partition coefficient (Wildman–Crippen LogP) is 5.04. The van der Waals surface area contributed by atoms with Gasteiger partial charge in [0, 0.05) is 25.2 Å². The van der Waals surface area contributed by atoms with Crippen molar-refractivity contribution in [2.24, 2.45) is 7.05 Å². The summed E-state index contributed by atoms with van der Waals surface area (Å²) in [6.07, 6.45) is 1.20. The lowest BCUT2D eigenvalue weighted by Gasteiger charge is -2.24. The highest BCUT2D eigenvalue weighted by Crippen LogP contribution is 2.34. The van der Waals surface area contributed by atoms with Crippen molar-refractivity contribution in [2.75, 3.05) is 11.9 Å². The number of hydrogen-bond donors (Lipinski definition) is 1. The van der Waals surface area contributed by atoms with Crippen LogP contribution in [0.15, 0.2) is 36.7 Å². The first-order valence-electron chi connectivity index (χ1n) is 9.46. The average Bonchev–Trinajstić information content (AvgIpc) is 3.29. The molecule has 0 saturated carbocycles. The van der Waals surface area contributed by atoms with Crippen LogP contribution in [0.25, 0.3) is 38.2 Å². The van der Waals surface area contributed by atoms with Crippen LogP contribution in [0, 0.1) is 6.57 Å². The van der Waals surface area contributed by atoms with Crippen molar-refractivity contribution < 1.29 is 9.53 Å². The molecular formula is C22H22N6O2. The third-order valence-corrected chi connectivity index (χ3v) is 4.69. The number of nitrogens with zero attached hydrogens (tertiary/aromatic N) is 5. The molecule has 8 nitrogen and oxygen atoms in total. The zero-order valence-electron chi connectivity index (χ0n) is 17.5. The standard InChI is InChI=1S/C22H22N6O2/c1-22(2,3)30-21(29)28(6)20-17-18(27(5)12-24-17)15-11-16(25-19(15)26-20)13-8-7-9-14(10-13)23-4/h7-12H,1-3,5-6H3,(H,25,26). The van der Waals surface area contributed by atoms with Gasteiger partial charge in [0.1, 0.15) is 16.8 Å². The maximum atomic E-state index is 12.6. The van der Waals surface area contributed by atoms with Gasteiger partial charge in [-0.1, -0.05) is 18.2 Å². The van der Waals surface area contributed by atoms with Crippen molar-refractivity contribution in [2.45, 2.75) is 26.4 Å². The van der Waals surface area contributed by atoms with Gasteiger partial charge in [-0.05, 0) is 38.5 Å². The molecule has 0 unspecified atom stereocenters. The molecule has 4 aromatic rings. The number of pyridine rings is 1. The Bertz CT molecular complexity index is 1320. The van der Waals surface area contributed by atoms with Gasteiger partial charge in [0.05, 0.1) is 18.4 Å². The van der Waals surface area contributed by atoms with Gasteiger partial charge < -0.3 is 14.3 Å². The molecule has 0 aliphatic carbocycles. The number of H-pyrrole nitrogens is 1. The molecule has 1 N–H and O–H groups in total. The van der Waals surface area contributed by atoms with E-state index in [2.05, 4.69) is 19.8 Å². The molecule has 3 aromatic heterocycles. The normalized spacial score (nSPS) is 11.6. The van der Waals surface area contributed by atoms with Crippen molar-refractivity contribution >= 4 is 39.7 Å². The molecular weight excluding hydrogens is 380 g/mol. The Hall–Kier alpha value is -3.86. The van der Waals surface area contributed by atoms with E-state index in [0.717, 1.165) is 22.2 Å². The second-order valence-electron chi connectivity index (χ2n) is 8.13. The van der Waals surface area contributed by atoms with Crippen molar-refractivity contribution in [3.8, 4) is 11.3 Å². The first-order chi connectivity index (χ1) is 14.2. The lowest BCUT2D eigenvalue weighted by Crippen LogP contribution is -2.34. The molecule has 0 bridgehead atoms. The zero-order valence-corrected chi connectivity index (χ0v) is 17.5. The third-order valence-electron chi connectivity index (χ3n) is 4.69. The largest absolute Gasteiger partial charge is 0.443 e. The van der Waals surface area contributed by atoms with E-state index < -0.39 is 11.7 Å². The van der Waals surface area contributed by atoms with Gasteiger partial charge in [0.25, 0.3) is 0 Å². The van der Waals surface area contributed by atoms with Crippen molar-refractivity contribution in [1.29, 1.82) is 0 Å². The number of carbonyl (C=O) groups excluding carboxylic acids is 1. The molecule has 30 heavy (non-hydrogen) atoms. The second kappa shape index (κ2) is 6.88. The number of amides is 1. The number of anilines is 1. The van der Waals surface area contributed by atoms with E-state index in [1.165, 1.54) is 4.90 Å². The fraction of sp³-hybridized carbons (Fsp3) is 0.273. The summed E-state index contributed by atoms with van der Waals surface area (Å²) in [5.41, 5.74) is 3.76. The summed E-state index contributed by atoms with van der Waals surface area (Å²) in [7, 11) is 3.53. The Balaban J connectivity index is 1.89. The van der Waals surface area contributed by atoms with Crippen LogP contribution in [0.2, 0.25) is 0 Å². The van der Waals surface area contributed by atoms with E-state index in [4.69, 9.17) is 11.3 Å². The van der Waals surface area contributed by atoms with Gasteiger partial charge >= 0.3 is 6.09 Å². The molecule has 8 heteroatoms. The molecule has 1 amide bonds.